The Morgan fingerprint density at radius 2 is 1.77 bits per heavy atom. The lowest BCUT2D eigenvalue weighted by molar-refractivity contribution is -0.134. The van der Waals surface area contributed by atoms with Gasteiger partial charge in [0.15, 0.2) is 11.5 Å². The van der Waals surface area contributed by atoms with Gasteiger partial charge in [-0.15, -0.1) is 0 Å². The molecule has 1 atom stereocenters. The van der Waals surface area contributed by atoms with E-state index in [0.717, 1.165) is 11.3 Å². The van der Waals surface area contributed by atoms with Gasteiger partial charge in [-0.25, -0.2) is 0 Å². The van der Waals surface area contributed by atoms with Crippen molar-refractivity contribution in [1.29, 1.82) is 0 Å². The minimum atomic E-state index is -0.443. The number of anilines is 1. The van der Waals surface area contributed by atoms with Gasteiger partial charge in [0, 0.05) is 24.9 Å². The second kappa shape index (κ2) is 10.7. The van der Waals surface area contributed by atoms with E-state index in [4.69, 9.17) is 9.47 Å². The van der Waals surface area contributed by atoms with E-state index < -0.39 is 6.04 Å². The fourth-order valence-electron chi connectivity index (χ4n) is 3.78. The lowest BCUT2D eigenvalue weighted by Crippen LogP contribution is -2.44. The van der Waals surface area contributed by atoms with Crippen LogP contribution in [0.15, 0.2) is 54.6 Å². The van der Waals surface area contributed by atoms with Crippen LogP contribution >= 0.6 is 0 Å². The van der Waals surface area contributed by atoms with Crippen molar-refractivity contribution in [2.24, 2.45) is 0 Å². The van der Waals surface area contributed by atoms with Crippen LogP contribution in [0.4, 0.5) is 5.69 Å². The van der Waals surface area contributed by atoms with E-state index in [1.54, 1.807) is 15.9 Å². The van der Waals surface area contributed by atoms with Gasteiger partial charge in [-0.1, -0.05) is 24.3 Å². The highest BCUT2D eigenvalue weighted by Crippen LogP contribution is 2.29. The van der Waals surface area contributed by atoms with E-state index in [0.29, 0.717) is 44.2 Å². The van der Waals surface area contributed by atoms with Gasteiger partial charge in [-0.2, -0.15) is 0 Å². The molecule has 2 amide bonds. The van der Waals surface area contributed by atoms with Gasteiger partial charge in [0.1, 0.15) is 6.04 Å². The molecule has 1 aliphatic rings. The van der Waals surface area contributed by atoms with Crippen molar-refractivity contribution in [2.45, 2.75) is 33.2 Å². The monoisotopic (exact) mass is 422 g/mol. The molecule has 164 valence electrons. The van der Waals surface area contributed by atoms with Gasteiger partial charge in [-0.05, 0) is 63.1 Å². The molecule has 1 aliphatic heterocycles. The number of amides is 2. The molecular weight excluding hydrogens is 392 g/mol. The van der Waals surface area contributed by atoms with Gasteiger partial charge in [0.05, 0.1) is 13.2 Å². The summed E-state index contributed by atoms with van der Waals surface area (Å²) in [6, 6.07) is 14.7. The molecule has 0 saturated carbocycles. The number of ether oxygens (including phenoxy) is 2. The molecule has 6 heteroatoms. The number of benzene rings is 2. The molecule has 0 spiro atoms. The predicted molar refractivity (Wildman–Crippen MR) is 122 cm³/mol. The van der Waals surface area contributed by atoms with Gasteiger partial charge < -0.3 is 19.3 Å². The normalized spacial score (nSPS) is 16.0. The molecule has 2 aromatic carbocycles. The summed E-state index contributed by atoms with van der Waals surface area (Å²) in [6.07, 6.45) is 3.89. The fraction of sp³-hybridized carbons (Fsp3) is 0.360. The Morgan fingerprint density at radius 1 is 1.06 bits per heavy atom. The smallest absolute Gasteiger partial charge is 0.249 e. The average Bonchev–Trinajstić information content (AvgIpc) is 3.16. The molecule has 1 unspecified atom stereocenters. The van der Waals surface area contributed by atoms with E-state index in [9.17, 15) is 9.59 Å². The number of rotatable bonds is 9. The zero-order chi connectivity index (χ0) is 22.2. The summed E-state index contributed by atoms with van der Waals surface area (Å²) in [4.78, 5) is 29.3. The van der Waals surface area contributed by atoms with Crippen LogP contribution in [0.2, 0.25) is 0 Å². The van der Waals surface area contributed by atoms with Crippen LogP contribution in [0.3, 0.4) is 0 Å². The van der Waals surface area contributed by atoms with E-state index in [1.165, 1.54) is 6.08 Å². The van der Waals surface area contributed by atoms with Crippen LogP contribution in [-0.4, -0.2) is 49.1 Å². The van der Waals surface area contributed by atoms with E-state index in [1.807, 2.05) is 69.3 Å². The molecule has 0 radical (unpaired) electrons. The highest BCUT2D eigenvalue weighted by atomic mass is 16.5. The molecular formula is C25H30N2O4. The summed E-state index contributed by atoms with van der Waals surface area (Å²) in [5.74, 6) is 1.12. The topological polar surface area (TPSA) is 59.1 Å². The zero-order valence-electron chi connectivity index (χ0n) is 18.4. The zero-order valence-corrected chi connectivity index (χ0v) is 18.4. The van der Waals surface area contributed by atoms with Crippen molar-refractivity contribution in [3.8, 4) is 11.5 Å². The van der Waals surface area contributed by atoms with E-state index in [-0.39, 0.29) is 11.8 Å². The average molecular weight is 423 g/mol. The summed E-state index contributed by atoms with van der Waals surface area (Å²) in [5, 5.41) is 0. The highest BCUT2D eigenvalue weighted by molar-refractivity contribution is 6.03. The van der Waals surface area contributed by atoms with Crippen molar-refractivity contribution in [3.63, 3.8) is 0 Å². The third-order valence-corrected chi connectivity index (χ3v) is 5.23. The molecule has 6 nitrogen and oxygen atoms in total. The van der Waals surface area contributed by atoms with Crippen molar-refractivity contribution >= 4 is 23.6 Å². The van der Waals surface area contributed by atoms with Crippen LogP contribution in [0.1, 0.15) is 32.8 Å². The lowest BCUT2D eigenvalue weighted by atomic mass is 10.1. The Labute approximate surface area is 184 Å². The van der Waals surface area contributed by atoms with Crippen molar-refractivity contribution < 1.29 is 19.1 Å². The third-order valence-electron chi connectivity index (χ3n) is 5.23. The quantitative estimate of drug-likeness (QED) is 0.570. The summed E-state index contributed by atoms with van der Waals surface area (Å²) in [6.45, 7) is 7.89. The Morgan fingerprint density at radius 3 is 2.45 bits per heavy atom. The van der Waals surface area contributed by atoms with Crippen molar-refractivity contribution in [3.05, 3.63) is 60.2 Å². The molecule has 1 fully saturated rings. The summed E-state index contributed by atoms with van der Waals surface area (Å²) in [5.41, 5.74) is 1.70. The summed E-state index contributed by atoms with van der Waals surface area (Å²) < 4.78 is 11.2. The lowest BCUT2D eigenvalue weighted by Gasteiger charge is -2.26. The molecule has 2 aromatic rings. The summed E-state index contributed by atoms with van der Waals surface area (Å²) in [7, 11) is 0. The van der Waals surface area contributed by atoms with Crippen LogP contribution in [-0.2, 0) is 9.59 Å². The first-order valence-electron chi connectivity index (χ1n) is 10.8. The maximum absolute atomic E-state index is 13.0. The largest absolute Gasteiger partial charge is 0.490 e. The number of hydrogen-bond acceptors (Lipinski definition) is 4. The van der Waals surface area contributed by atoms with Crippen molar-refractivity contribution in [1.82, 2.24) is 4.90 Å². The van der Waals surface area contributed by atoms with Gasteiger partial charge in [-0.3, -0.25) is 9.59 Å². The molecule has 3 rings (SSSR count). The van der Waals surface area contributed by atoms with Gasteiger partial charge >= 0.3 is 0 Å². The fourth-order valence-corrected chi connectivity index (χ4v) is 3.78. The van der Waals surface area contributed by atoms with E-state index >= 15 is 0 Å². The van der Waals surface area contributed by atoms with Crippen molar-refractivity contribution in [2.75, 3.05) is 31.2 Å². The Kier molecular flexibility index (Phi) is 7.70. The first-order valence-corrected chi connectivity index (χ1v) is 10.8. The number of para-hydroxylation sites is 1. The van der Waals surface area contributed by atoms with Crippen LogP contribution in [0, 0.1) is 0 Å². The standard InChI is InChI=1S/C25H30N2O4/c1-4-26(21-16-17-27(25(21)29)20-10-8-7-9-11-20)24(28)15-13-19-12-14-22(30-5-2)23(18-19)31-6-3/h7-15,18,21H,4-6,16-17H2,1-3H3. The molecule has 0 bridgehead atoms. The van der Waals surface area contributed by atoms with Crippen LogP contribution in [0.25, 0.3) is 6.08 Å². The summed E-state index contributed by atoms with van der Waals surface area (Å²) >= 11 is 0. The Balaban J connectivity index is 1.72. The molecule has 0 aliphatic carbocycles. The van der Waals surface area contributed by atoms with Gasteiger partial charge in [0.2, 0.25) is 11.8 Å². The first kappa shape index (κ1) is 22.4. The third kappa shape index (κ3) is 5.26. The molecule has 1 saturated heterocycles. The second-order valence-electron chi connectivity index (χ2n) is 7.16. The number of carbonyl (C=O) groups excluding carboxylic acids is 2. The van der Waals surface area contributed by atoms with Crippen LogP contribution < -0.4 is 14.4 Å². The molecule has 1 heterocycles. The minimum absolute atomic E-state index is 0.0329. The second-order valence-corrected chi connectivity index (χ2v) is 7.16. The number of hydrogen-bond donors (Lipinski definition) is 0. The Hall–Kier alpha value is -3.28. The highest BCUT2D eigenvalue weighted by Gasteiger charge is 2.37. The Bertz CT molecular complexity index is 926. The predicted octanol–water partition coefficient (Wildman–Crippen LogP) is 4.15. The SMILES string of the molecule is CCOc1ccc(C=CC(=O)N(CC)C2CCN(c3ccccc3)C2=O)cc1OCC. The maximum atomic E-state index is 13.0. The molecule has 0 N–H and O–H groups in total. The van der Waals surface area contributed by atoms with E-state index in [2.05, 4.69) is 0 Å². The number of likely N-dealkylation sites (N-methyl/N-ethyl adjacent to an activating group) is 1. The first-order chi connectivity index (χ1) is 15.1. The minimum Gasteiger partial charge on any atom is -0.490 e. The maximum Gasteiger partial charge on any atom is 0.249 e. The molecule has 31 heavy (non-hydrogen) atoms. The number of nitrogens with zero attached hydrogens (tertiary/aromatic N) is 2. The van der Waals surface area contributed by atoms with Crippen LogP contribution in [0.5, 0.6) is 11.5 Å². The molecule has 0 aromatic heterocycles. The van der Waals surface area contributed by atoms with Gasteiger partial charge in [0.25, 0.3) is 0 Å². The number of carbonyl (C=O) groups is 2.